The van der Waals surface area contributed by atoms with Crippen molar-refractivity contribution in [3.63, 3.8) is 0 Å². The van der Waals surface area contributed by atoms with Gasteiger partial charge in [0, 0.05) is 11.6 Å². The van der Waals surface area contributed by atoms with E-state index in [4.69, 9.17) is 27.9 Å². The second-order valence-corrected chi connectivity index (χ2v) is 6.39. The molecule has 0 bridgehead atoms. The number of nitrogens with one attached hydrogen (secondary N) is 1. The Labute approximate surface area is 156 Å². The fraction of sp³-hybridized carbons (Fsp3) is 0.100. The number of halogens is 3. The van der Waals surface area contributed by atoms with Crippen molar-refractivity contribution in [1.82, 2.24) is 0 Å². The van der Waals surface area contributed by atoms with Gasteiger partial charge in [0.1, 0.15) is 18.2 Å². The summed E-state index contributed by atoms with van der Waals surface area (Å²) in [4.78, 5) is 0. The van der Waals surface area contributed by atoms with E-state index in [1.165, 1.54) is 12.1 Å². The van der Waals surface area contributed by atoms with Crippen LogP contribution in [0.1, 0.15) is 11.1 Å². The maximum absolute atomic E-state index is 13.2. The molecule has 3 aromatic carbocycles. The zero-order valence-corrected chi connectivity index (χ0v) is 14.8. The summed E-state index contributed by atoms with van der Waals surface area (Å²) in [5, 5.41) is 4.44. The van der Waals surface area contributed by atoms with E-state index in [9.17, 15) is 4.39 Å². The molecule has 0 aliphatic heterocycles. The number of anilines is 1. The average molecular weight is 376 g/mol. The van der Waals surface area contributed by atoms with Crippen molar-refractivity contribution in [2.45, 2.75) is 13.2 Å². The highest BCUT2D eigenvalue weighted by atomic mass is 35.5. The highest BCUT2D eigenvalue weighted by Gasteiger charge is 2.03. The Bertz CT molecular complexity index is 870. The van der Waals surface area contributed by atoms with Gasteiger partial charge in [-0.1, -0.05) is 47.5 Å². The summed E-state index contributed by atoms with van der Waals surface area (Å²) in [6.45, 7) is 0.913. The van der Waals surface area contributed by atoms with E-state index in [0.29, 0.717) is 23.2 Å². The summed E-state index contributed by atoms with van der Waals surface area (Å²) in [6.07, 6.45) is 0. The highest BCUT2D eigenvalue weighted by Crippen LogP contribution is 2.26. The van der Waals surface area contributed by atoms with Crippen molar-refractivity contribution in [2.24, 2.45) is 0 Å². The van der Waals surface area contributed by atoms with Gasteiger partial charge in [-0.3, -0.25) is 0 Å². The lowest BCUT2D eigenvalue weighted by atomic mass is 10.2. The first-order valence-electron chi connectivity index (χ1n) is 7.75. The van der Waals surface area contributed by atoms with Gasteiger partial charge in [0.2, 0.25) is 0 Å². The van der Waals surface area contributed by atoms with E-state index in [0.717, 1.165) is 22.6 Å². The first-order valence-corrected chi connectivity index (χ1v) is 8.51. The summed E-state index contributed by atoms with van der Waals surface area (Å²) >= 11 is 12.1. The lowest BCUT2D eigenvalue weighted by Gasteiger charge is -2.11. The van der Waals surface area contributed by atoms with E-state index in [1.807, 2.05) is 36.4 Å². The topological polar surface area (TPSA) is 21.3 Å². The van der Waals surface area contributed by atoms with E-state index >= 15 is 0 Å². The van der Waals surface area contributed by atoms with Crippen LogP contribution in [0.15, 0.2) is 66.7 Å². The number of hydrogen-bond donors (Lipinski definition) is 1. The standard InChI is InChI=1S/C20H16Cl2FNO/c21-16-7-8-20(19(22)11-16)24-12-14-3-2-6-18(10-14)25-13-15-4-1-5-17(23)9-15/h1-11,24H,12-13H2. The second kappa shape index (κ2) is 8.24. The Morgan fingerprint density at radius 1 is 0.880 bits per heavy atom. The molecule has 0 spiro atoms. The second-order valence-electron chi connectivity index (χ2n) is 5.54. The molecule has 128 valence electrons. The van der Waals surface area contributed by atoms with Gasteiger partial charge < -0.3 is 10.1 Å². The SMILES string of the molecule is Fc1cccc(COc2cccc(CNc3ccc(Cl)cc3Cl)c2)c1. The maximum Gasteiger partial charge on any atom is 0.123 e. The zero-order valence-electron chi connectivity index (χ0n) is 13.3. The molecule has 0 aliphatic carbocycles. The van der Waals surface area contributed by atoms with Crippen LogP contribution in [0, 0.1) is 5.82 Å². The van der Waals surface area contributed by atoms with Crippen LogP contribution in [0.25, 0.3) is 0 Å². The zero-order chi connectivity index (χ0) is 17.6. The molecule has 0 radical (unpaired) electrons. The van der Waals surface area contributed by atoms with Gasteiger partial charge in [0.25, 0.3) is 0 Å². The summed E-state index contributed by atoms with van der Waals surface area (Å²) in [7, 11) is 0. The summed E-state index contributed by atoms with van der Waals surface area (Å²) in [5.41, 5.74) is 2.65. The van der Waals surface area contributed by atoms with Crippen LogP contribution in [-0.4, -0.2) is 0 Å². The first-order chi connectivity index (χ1) is 12.1. The maximum atomic E-state index is 13.2. The van der Waals surface area contributed by atoms with Gasteiger partial charge in [-0.15, -0.1) is 0 Å². The first kappa shape index (κ1) is 17.6. The van der Waals surface area contributed by atoms with E-state index < -0.39 is 0 Å². The fourth-order valence-corrected chi connectivity index (χ4v) is 2.84. The molecule has 2 nitrogen and oxygen atoms in total. The number of benzene rings is 3. The summed E-state index contributed by atoms with van der Waals surface area (Å²) in [6, 6.07) is 19.4. The molecule has 0 saturated carbocycles. The molecule has 0 aromatic heterocycles. The van der Waals surface area contributed by atoms with E-state index in [-0.39, 0.29) is 5.82 Å². The molecule has 25 heavy (non-hydrogen) atoms. The molecule has 0 heterocycles. The number of ether oxygens (including phenoxy) is 1. The van der Waals surface area contributed by atoms with Crippen LogP contribution in [0.5, 0.6) is 5.75 Å². The van der Waals surface area contributed by atoms with Gasteiger partial charge in [0.15, 0.2) is 0 Å². The Balaban J connectivity index is 1.61. The third-order valence-electron chi connectivity index (χ3n) is 3.61. The lowest BCUT2D eigenvalue weighted by molar-refractivity contribution is 0.305. The predicted octanol–water partition coefficient (Wildman–Crippen LogP) is 6.32. The van der Waals surface area contributed by atoms with Gasteiger partial charge in [0.05, 0.1) is 10.7 Å². The Morgan fingerprint density at radius 2 is 1.68 bits per heavy atom. The monoisotopic (exact) mass is 375 g/mol. The van der Waals surface area contributed by atoms with Crippen molar-refractivity contribution < 1.29 is 9.13 Å². The average Bonchev–Trinajstić information content (AvgIpc) is 2.60. The third-order valence-corrected chi connectivity index (χ3v) is 4.15. The fourth-order valence-electron chi connectivity index (χ4n) is 2.37. The largest absolute Gasteiger partial charge is 0.489 e. The normalized spacial score (nSPS) is 10.5. The van der Waals surface area contributed by atoms with Gasteiger partial charge in [-0.25, -0.2) is 4.39 Å². The quantitative estimate of drug-likeness (QED) is 0.543. The molecule has 1 N–H and O–H groups in total. The van der Waals surface area contributed by atoms with Crippen molar-refractivity contribution in [3.8, 4) is 5.75 Å². The van der Waals surface area contributed by atoms with Crippen molar-refractivity contribution in [1.29, 1.82) is 0 Å². The minimum Gasteiger partial charge on any atom is -0.489 e. The molecular formula is C20H16Cl2FNO. The molecular weight excluding hydrogens is 360 g/mol. The van der Waals surface area contributed by atoms with Crippen molar-refractivity contribution in [2.75, 3.05) is 5.32 Å². The van der Waals surface area contributed by atoms with Crippen molar-refractivity contribution in [3.05, 3.63) is 93.7 Å². The molecule has 0 saturated heterocycles. The van der Waals surface area contributed by atoms with E-state index in [1.54, 1.807) is 18.2 Å². The molecule has 3 aromatic rings. The van der Waals surface area contributed by atoms with Crippen LogP contribution in [0.2, 0.25) is 10.0 Å². The third kappa shape index (κ3) is 5.12. The van der Waals surface area contributed by atoms with Crippen LogP contribution < -0.4 is 10.1 Å². The Kier molecular flexibility index (Phi) is 5.79. The number of rotatable bonds is 6. The van der Waals surface area contributed by atoms with E-state index in [2.05, 4.69) is 5.32 Å². The lowest BCUT2D eigenvalue weighted by Crippen LogP contribution is -2.01. The minimum absolute atomic E-state index is 0.265. The minimum atomic E-state index is -0.265. The Morgan fingerprint density at radius 3 is 2.48 bits per heavy atom. The molecule has 0 aliphatic rings. The van der Waals surface area contributed by atoms with Crippen LogP contribution in [0.4, 0.5) is 10.1 Å². The van der Waals surface area contributed by atoms with Crippen LogP contribution in [-0.2, 0) is 13.2 Å². The van der Waals surface area contributed by atoms with Crippen molar-refractivity contribution >= 4 is 28.9 Å². The molecule has 0 fully saturated rings. The molecule has 0 atom stereocenters. The van der Waals surface area contributed by atoms with Gasteiger partial charge in [-0.05, 0) is 53.6 Å². The summed E-state index contributed by atoms with van der Waals surface area (Å²) in [5.74, 6) is 0.463. The van der Waals surface area contributed by atoms with Gasteiger partial charge >= 0.3 is 0 Å². The number of hydrogen-bond acceptors (Lipinski definition) is 2. The Hall–Kier alpha value is -2.23. The summed E-state index contributed by atoms with van der Waals surface area (Å²) < 4.78 is 18.9. The molecule has 3 rings (SSSR count). The van der Waals surface area contributed by atoms with Crippen LogP contribution in [0.3, 0.4) is 0 Å². The van der Waals surface area contributed by atoms with Crippen LogP contribution >= 0.6 is 23.2 Å². The highest BCUT2D eigenvalue weighted by molar-refractivity contribution is 6.36. The van der Waals surface area contributed by atoms with Gasteiger partial charge in [-0.2, -0.15) is 0 Å². The molecule has 0 amide bonds. The smallest absolute Gasteiger partial charge is 0.123 e. The molecule has 5 heteroatoms. The molecule has 0 unspecified atom stereocenters. The predicted molar refractivity (Wildman–Crippen MR) is 101 cm³/mol.